The zero-order valence-electron chi connectivity index (χ0n) is 11.1. The monoisotopic (exact) mass is 267 g/mol. The van der Waals surface area contributed by atoms with Crippen LogP contribution in [0.5, 0.6) is 0 Å². The Morgan fingerprint density at radius 2 is 2.28 bits per heavy atom. The molecule has 0 saturated carbocycles. The Bertz CT molecular complexity index is 372. The van der Waals surface area contributed by atoms with Crippen molar-refractivity contribution in [1.29, 1.82) is 0 Å². The van der Waals surface area contributed by atoms with Crippen molar-refractivity contribution < 1.29 is 4.79 Å². The molecule has 1 aliphatic heterocycles. The second-order valence-electron chi connectivity index (χ2n) is 4.86. The Balaban J connectivity index is 1.87. The highest BCUT2D eigenvalue weighted by Crippen LogP contribution is 2.17. The Hall–Kier alpha value is -0.940. The molecule has 0 N–H and O–H groups in total. The normalized spacial score (nSPS) is 17.9. The van der Waals surface area contributed by atoms with Crippen molar-refractivity contribution in [3.05, 3.63) is 16.6 Å². The van der Waals surface area contributed by atoms with Crippen molar-refractivity contribution in [2.45, 2.75) is 32.2 Å². The summed E-state index contributed by atoms with van der Waals surface area (Å²) in [4.78, 5) is 20.6. The lowest BCUT2D eigenvalue weighted by Crippen LogP contribution is -2.45. The number of hydrogen-bond acceptors (Lipinski definition) is 4. The van der Waals surface area contributed by atoms with Crippen LogP contribution in [0.2, 0.25) is 0 Å². The molecule has 1 saturated heterocycles. The maximum atomic E-state index is 12.2. The van der Waals surface area contributed by atoms with Crippen molar-refractivity contribution >= 4 is 17.2 Å². The summed E-state index contributed by atoms with van der Waals surface area (Å²) >= 11 is 1.47. The molecule has 0 radical (unpaired) electrons. The van der Waals surface area contributed by atoms with Crippen LogP contribution in [0.1, 0.15) is 36.7 Å². The number of rotatable bonds is 4. The van der Waals surface area contributed by atoms with Crippen molar-refractivity contribution in [2.24, 2.45) is 0 Å². The van der Waals surface area contributed by atoms with Crippen LogP contribution in [0.3, 0.4) is 0 Å². The van der Waals surface area contributed by atoms with Gasteiger partial charge in [0.15, 0.2) is 0 Å². The predicted octanol–water partition coefficient (Wildman–Crippen LogP) is 2.09. The molecular weight excluding hydrogens is 246 g/mol. The minimum atomic E-state index is 0.0604. The number of piperidine rings is 1. The lowest BCUT2D eigenvalue weighted by molar-refractivity contribution is 0.0638. The molecule has 4 nitrogen and oxygen atoms in total. The van der Waals surface area contributed by atoms with E-state index in [9.17, 15) is 4.79 Å². The Kier molecular flexibility index (Phi) is 4.72. The first-order chi connectivity index (χ1) is 8.72. The average Bonchev–Trinajstić information content (AvgIpc) is 2.92. The highest BCUT2D eigenvalue weighted by Gasteiger charge is 2.26. The molecule has 1 amide bonds. The van der Waals surface area contributed by atoms with Crippen molar-refractivity contribution in [1.82, 2.24) is 14.8 Å². The van der Waals surface area contributed by atoms with Crippen molar-refractivity contribution in [2.75, 3.05) is 26.7 Å². The number of likely N-dealkylation sites (tertiary alicyclic amines) is 1. The van der Waals surface area contributed by atoms with E-state index in [0.717, 1.165) is 25.9 Å². The molecule has 2 heterocycles. The van der Waals surface area contributed by atoms with Crippen LogP contribution in [-0.2, 0) is 0 Å². The van der Waals surface area contributed by atoms with Crippen molar-refractivity contribution in [3.8, 4) is 0 Å². The summed E-state index contributed by atoms with van der Waals surface area (Å²) in [5, 5.41) is 1.82. The molecule has 0 bridgehead atoms. The zero-order valence-corrected chi connectivity index (χ0v) is 11.9. The molecule has 0 unspecified atom stereocenters. The molecule has 0 aliphatic carbocycles. The van der Waals surface area contributed by atoms with Gasteiger partial charge in [0, 0.05) is 31.6 Å². The first-order valence-electron chi connectivity index (χ1n) is 6.60. The number of amides is 1. The minimum absolute atomic E-state index is 0.0604. The number of thiazole rings is 1. The fraction of sp³-hybridized carbons (Fsp3) is 0.692. The summed E-state index contributed by atoms with van der Waals surface area (Å²) in [5.74, 6) is 0.0604. The molecule has 1 aromatic rings. The van der Waals surface area contributed by atoms with Gasteiger partial charge in [0.25, 0.3) is 5.91 Å². The summed E-state index contributed by atoms with van der Waals surface area (Å²) in [7, 11) is 1.90. The lowest BCUT2D eigenvalue weighted by atomic mass is 10.0. The summed E-state index contributed by atoms with van der Waals surface area (Å²) in [5.41, 5.74) is 2.30. The smallest absolute Gasteiger partial charge is 0.273 e. The van der Waals surface area contributed by atoms with Crippen LogP contribution in [0.4, 0.5) is 0 Å². The fourth-order valence-electron chi connectivity index (χ4n) is 2.51. The highest BCUT2D eigenvalue weighted by molar-refractivity contribution is 7.07. The molecule has 1 fully saturated rings. The van der Waals surface area contributed by atoms with E-state index in [-0.39, 0.29) is 5.91 Å². The second-order valence-corrected chi connectivity index (χ2v) is 5.58. The molecule has 18 heavy (non-hydrogen) atoms. The summed E-state index contributed by atoms with van der Waals surface area (Å²) in [6, 6.07) is 0.368. The van der Waals surface area contributed by atoms with E-state index in [2.05, 4.69) is 16.8 Å². The number of carbonyl (C=O) groups is 1. The van der Waals surface area contributed by atoms with Crippen LogP contribution in [0.25, 0.3) is 0 Å². The van der Waals surface area contributed by atoms with Gasteiger partial charge in [0.05, 0.1) is 5.51 Å². The van der Waals surface area contributed by atoms with Crippen molar-refractivity contribution in [3.63, 3.8) is 0 Å². The van der Waals surface area contributed by atoms with Gasteiger partial charge >= 0.3 is 0 Å². The predicted molar refractivity (Wildman–Crippen MR) is 74.0 cm³/mol. The Labute approximate surface area is 113 Å². The lowest BCUT2D eigenvalue weighted by Gasteiger charge is -2.36. The largest absolute Gasteiger partial charge is 0.337 e. The maximum Gasteiger partial charge on any atom is 0.273 e. The minimum Gasteiger partial charge on any atom is -0.337 e. The van der Waals surface area contributed by atoms with Gasteiger partial charge in [0.1, 0.15) is 5.69 Å². The SMILES string of the molecule is CCCN1CCC(N(C)C(=O)c2cscn2)CC1. The third kappa shape index (κ3) is 3.09. The van der Waals surface area contributed by atoms with Crippen LogP contribution >= 0.6 is 11.3 Å². The number of hydrogen-bond donors (Lipinski definition) is 0. The zero-order chi connectivity index (χ0) is 13.0. The molecule has 1 aliphatic rings. The molecule has 1 aromatic heterocycles. The van der Waals surface area contributed by atoms with Crippen LogP contribution in [-0.4, -0.2) is 53.4 Å². The number of nitrogens with zero attached hydrogens (tertiary/aromatic N) is 3. The van der Waals surface area contributed by atoms with E-state index in [1.165, 1.54) is 24.3 Å². The number of aromatic nitrogens is 1. The summed E-state index contributed by atoms with van der Waals surface area (Å²) in [6.07, 6.45) is 3.36. The van der Waals surface area contributed by atoms with E-state index in [1.807, 2.05) is 17.3 Å². The molecular formula is C13H21N3OS. The highest BCUT2D eigenvalue weighted by atomic mass is 32.1. The summed E-state index contributed by atoms with van der Waals surface area (Å²) < 4.78 is 0. The van der Waals surface area contributed by atoms with Gasteiger partial charge in [0.2, 0.25) is 0 Å². The first kappa shape index (κ1) is 13.5. The molecule has 100 valence electrons. The van der Waals surface area contributed by atoms with Gasteiger partial charge in [-0.05, 0) is 25.8 Å². The molecule has 0 spiro atoms. The van der Waals surface area contributed by atoms with E-state index in [4.69, 9.17) is 0 Å². The Morgan fingerprint density at radius 3 is 2.83 bits per heavy atom. The standard InChI is InChI=1S/C13H21N3OS/c1-3-6-16-7-4-11(5-8-16)15(2)13(17)12-9-18-10-14-12/h9-11H,3-8H2,1-2H3. The average molecular weight is 267 g/mol. The quantitative estimate of drug-likeness (QED) is 0.838. The topological polar surface area (TPSA) is 36.4 Å². The molecule has 5 heteroatoms. The van der Waals surface area contributed by atoms with Gasteiger partial charge in [-0.1, -0.05) is 6.92 Å². The maximum absolute atomic E-state index is 12.2. The molecule has 0 aromatic carbocycles. The van der Waals surface area contributed by atoms with E-state index in [1.54, 1.807) is 5.51 Å². The van der Waals surface area contributed by atoms with Crippen LogP contribution in [0.15, 0.2) is 10.9 Å². The second kappa shape index (κ2) is 6.29. The molecule has 2 rings (SSSR count). The van der Waals surface area contributed by atoms with E-state index >= 15 is 0 Å². The molecule has 0 atom stereocenters. The van der Waals surface area contributed by atoms with Gasteiger partial charge < -0.3 is 9.80 Å². The van der Waals surface area contributed by atoms with Crippen LogP contribution < -0.4 is 0 Å². The third-order valence-corrected chi connectivity index (χ3v) is 4.20. The van der Waals surface area contributed by atoms with Gasteiger partial charge in [-0.15, -0.1) is 11.3 Å². The van der Waals surface area contributed by atoms with Gasteiger partial charge in [-0.25, -0.2) is 4.98 Å². The van der Waals surface area contributed by atoms with E-state index in [0.29, 0.717) is 11.7 Å². The fourth-order valence-corrected chi connectivity index (χ4v) is 3.04. The van der Waals surface area contributed by atoms with Crippen LogP contribution in [0, 0.1) is 0 Å². The van der Waals surface area contributed by atoms with Gasteiger partial charge in [-0.3, -0.25) is 4.79 Å². The number of carbonyl (C=O) groups excluding carboxylic acids is 1. The Morgan fingerprint density at radius 1 is 1.56 bits per heavy atom. The van der Waals surface area contributed by atoms with E-state index < -0.39 is 0 Å². The van der Waals surface area contributed by atoms with Gasteiger partial charge in [-0.2, -0.15) is 0 Å². The third-order valence-electron chi connectivity index (χ3n) is 3.62. The summed E-state index contributed by atoms with van der Waals surface area (Å²) in [6.45, 7) is 5.60. The first-order valence-corrected chi connectivity index (χ1v) is 7.54.